The summed E-state index contributed by atoms with van der Waals surface area (Å²) in [6, 6.07) is 7.24. The molecule has 0 bridgehead atoms. The quantitative estimate of drug-likeness (QED) is 0.293. The third-order valence-corrected chi connectivity index (χ3v) is 10.9. The van der Waals surface area contributed by atoms with E-state index in [2.05, 4.69) is 36.2 Å². The number of halogens is 2. The second kappa shape index (κ2) is 12.2. The molecular formula is C35H42F2N6O. The monoisotopic (exact) mass is 600 g/mol. The number of anilines is 2. The Balaban J connectivity index is 0.999. The molecule has 2 saturated carbocycles. The maximum absolute atomic E-state index is 15.3. The van der Waals surface area contributed by atoms with Crippen LogP contribution >= 0.6 is 0 Å². The van der Waals surface area contributed by atoms with Crippen molar-refractivity contribution in [3.63, 3.8) is 0 Å². The molecule has 7 rings (SSSR count). The third-order valence-electron chi connectivity index (χ3n) is 10.9. The highest BCUT2D eigenvalue weighted by Crippen LogP contribution is 2.52. The van der Waals surface area contributed by atoms with Crippen molar-refractivity contribution in [2.75, 3.05) is 31.6 Å². The van der Waals surface area contributed by atoms with Gasteiger partial charge in [-0.1, -0.05) is 18.9 Å². The minimum absolute atomic E-state index is 0.0618. The molecule has 44 heavy (non-hydrogen) atoms. The number of nitrogens with zero attached hydrogens (tertiary/aromatic N) is 5. The van der Waals surface area contributed by atoms with Crippen LogP contribution in [0.2, 0.25) is 0 Å². The lowest BCUT2D eigenvalue weighted by Gasteiger charge is -2.36. The molecule has 7 nitrogen and oxygen atoms in total. The van der Waals surface area contributed by atoms with Gasteiger partial charge >= 0.3 is 0 Å². The zero-order chi connectivity index (χ0) is 30.3. The van der Waals surface area contributed by atoms with E-state index < -0.39 is 11.6 Å². The van der Waals surface area contributed by atoms with Gasteiger partial charge in [0.1, 0.15) is 23.0 Å². The van der Waals surface area contributed by atoms with Crippen LogP contribution in [0.15, 0.2) is 41.7 Å². The zero-order valence-corrected chi connectivity index (χ0v) is 25.5. The fourth-order valence-corrected chi connectivity index (χ4v) is 8.17. The molecule has 0 atom stereocenters. The van der Waals surface area contributed by atoms with E-state index in [9.17, 15) is 5.11 Å². The predicted molar refractivity (Wildman–Crippen MR) is 169 cm³/mol. The number of aliphatic imine (C=N–C) groups is 1. The molecule has 2 aromatic heterocycles. The molecule has 4 heterocycles. The Labute approximate surface area is 258 Å². The van der Waals surface area contributed by atoms with E-state index in [-0.39, 0.29) is 17.1 Å². The van der Waals surface area contributed by atoms with Crippen LogP contribution in [0, 0.1) is 23.5 Å². The Hall–Kier alpha value is -3.30. The third kappa shape index (κ3) is 5.65. The Kier molecular flexibility index (Phi) is 8.18. The average molecular weight is 601 g/mol. The van der Waals surface area contributed by atoms with Crippen LogP contribution in [0.25, 0.3) is 11.3 Å². The molecule has 0 amide bonds. The first-order valence-electron chi connectivity index (χ1n) is 16.4. The van der Waals surface area contributed by atoms with Crippen LogP contribution in [-0.4, -0.2) is 56.9 Å². The number of aromatic nitrogens is 3. The van der Waals surface area contributed by atoms with E-state index in [1.165, 1.54) is 31.0 Å². The molecule has 3 aromatic rings. The summed E-state index contributed by atoms with van der Waals surface area (Å²) in [5.41, 5.74) is 3.62. The van der Waals surface area contributed by atoms with E-state index in [0.717, 1.165) is 87.8 Å². The van der Waals surface area contributed by atoms with Crippen LogP contribution in [0.1, 0.15) is 88.2 Å². The summed E-state index contributed by atoms with van der Waals surface area (Å²) < 4.78 is 30.3. The van der Waals surface area contributed by atoms with E-state index in [1.807, 2.05) is 25.3 Å². The number of fused-ring (bicyclic) bond motifs is 2. The molecule has 0 radical (unpaired) electrons. The normalized spacial score (nSPS) is 23.6. The number of hydrogen-bond donors (Lipinski definition) is 2. The first-order valence-corrected chi connectivity index (χ1v) is 16.4. The number of likely N-dealkylation sites (tertiary alicyclic amines) is 1. The lowest BCUT2D eigenvalue weighted by Crippen LogP contribution is -2.37. The number of nitrogens with one attached hydrogen (secondary N) is 1. The van der Waals surface area contributed by atoms with Crippen LogP contribution < -0.4 is 5.32 Å². The standard InChI is InChI=1S/C35H42F2N6O/c1-22-35(12-2-3-13-35)28-16-27(17-29(36)33(28)40-22)32-30(37)19-39-34(42-32)41-31-9-8-26(18-38-31)25-10-14-43(15-11-25)20-23-4-6-24(21-44)7-5-23/h8-9,16-19,23-25,44H,2-7,10-15,20-21H2,1H3,(H,38,39,41,42). The van der Waals surface area contributed by atoms with Crippen molar-refractivity contribution in [3.05, 3.63) is 59.4 Å². The molecular weight excluding hydrogens is 558 g/mol. The Bertz CT molecular complexity index is 1520. The summed E-state index contributed by atoms with van der Waals surface area (Å²) in [5.74, 6) is 1.51. The molecule has 2 aliphatic heterocycles. The van der Waals surface area contributed by atoms with Gasteiger partial charge in [0, 0.05) is 36.0 Å². The van der Waals surface area contributed by atoms with Gasteiger partial charge in [-0.3, -0.25) is 4.99 Å². The summed E-state index contributed by atoms with van der Waals surface area (Å²) in [4.78, 5) is 20.4. The maximum Gasteiger partial charge on any atom is 0.229 e. The van der Waals surface area contributed by atoms with E-state index >= 15 is 8.78 Å². The minimum Gasteiger partial charge on any atom is -0.396 e. The van der Waals surface area contributed by atoms with Gasteiger partial charge < -0.3 is 15.3 Å². The van der Waals surface area contributed by atoms with Crippen molar-refractivity contribution in [2.45, 2.75) is 82.5 Å². The highest BCUT2D eigenvalue weighted by Gasteiger charge is 2.44. The lowest BCUT2D eigenvalue weighted by atomic mass is 9.76. The van der Waals surface area contributed by atoms with Gasteiger partial charge in [-0.15, -0.1) is 0 Å². The molecule has 0 unspecified atom stereocenters. The fourth-order valence-electron chi connectivity index (χ4n) is 8.17. The summed E-state index contributed by atoms with van der Waals surface area (Å²) in [7, 11) is 0. The summed E-state index contributed by atoms with van der Waals surface area (Å²) in [6.45, 7) is 5.70. The van der Waals surface area contributed by atoms with Crippen LogP contribution in [0.5, 0.6) is 0 Å². The molecule has 3 fully saturated rings. The number of benzene rings is 1. The fraction of sp³-hybridized carbons (Fsp3) is 0.543. The smallest absolute Gasteiger partial charge is 0.229 e. The highest BCUT2D eigenvalue weighted by molar-refractivity contribution is 6.01. The number of pyridine rings is 1. The van der Waals surface area contributed by atoms with Crippen molar-refractivity contribution >= 4 is 23.2 Å². The predicted octanol–water partition coefficient (Wildman–Crippen LogP) is 7.46. The number of aliphatic hydroxyl groups is 1. The summed E-state index contributed by atoms with van der Waals surface area (Å²) in [5, 5.41) is 12.5. The molecule has 1 saturated heterocycles. The van der Waals surface area contributed by atoms with Gasteiger partial charge in [-0.25, -0.2) is 23.7 Å². The van der Waals surface area contributed by atoms with E-state index in [4.69, 9.17) is 0 Å². The Morgan fingerprint density at radius 3 is 2.39 bits per heavy atom. The largest absolute Gasteiger partial charge is 0.396 e. The number of hydrogen-bond acceptors (Lipinski definition) is 7. The molecule has 4 aliphatic rings. The van der Waals surface area contributed by atoms with Gasteiger partial charge in [-0.2, -0.15) is 0 Å². The van der Waals surface area contributed by atoms with E-state index in [0.29, 0.717) is 35.5 Å². The van der Waals surface area contributed by atoms with Gasteiger partial charge in [0.15, 0.2) is 5.82 Å². The van der Waals surface area contributed by atoms with Crippen LogP contribution in [0.4, 0.5) is 26.2 Å². The van der Waals surface area contributed by atoms with Crippen molar-refractivity contribution < 1.29 is 13.9 Å². The Morgan fingerprint density at radius 1 is 0.932 bits per heavy atom. The Morgan fingerprint density at radius 2 is 1.68 bits per heavy atom. The van der Waals surface area contributed by atoms with Crippen LogP contribution in [-0.2, 0) is 5.41 Å². The molecule has 1 spiro atoms. The second-order valence-electron chi connectivity index (χ2n) is 13.5. The highest BCUT2D eigenvalue weighted by atomic mass is 19.1. The van der Waals surface area contributed by atoms with E-state index in [1.54, 1.807) is 0 Å². The van der Waals surface area contributed by atoms with Crippen molar-refractivity contribution in [1.29, 1.82) is 0 Å². The van der Waals surface area contributed by atoms with Crippen molar-refractivity contribution in [2.24, 2.45) is 16.8 Å². The maximum atomic E-state index is 15.3. The minimum atomic E-state index is -0.599. The summed E-state index contributed by atoms with van der Waals surface area (Å²) >= 11 is 0. The van der Waals surface area contributed by atoms with Crippen LogP contribution in [0.3, 0.4) is 0 Å². The van der Waals surface area contributed by atoms with Crippen molar-refractivity contribution in [1.82, 2.24) is 19.9 Å². The second-order valence-corrected chi connectivity index (χ2v) is 13.5. The topological polar surface area (TPSA) is 86.5 Å². The molecule has 2 aliphatic carbocycles. The average Bonchev–Trinajstić information content (AvgIpc) is 3.65. The number of rotatable bonds is 7. The zero-order valence-electron chi connectivity index (χ0n) is 25.5. The first kappa shape index (κ1) is 29.4. The molecule has 232 valence electrons. The molecule has 9 heteroatoms. The van der Waals surface area contributed by atoms with Gasteiger partial charge in [0.25, 0.3) is 0 Å². The number of aliphatic hydroxyl groups excluding tert-OH is 1. The molecule has 2 N–H and O–H groups in total. The van der Waals surface area contributed by atoms with Crippen molar-refractivity contribution in [3.8, 4) is 11.3 Å². The SMILES string of the molecule is CC1=Nc2c(F)cc(-c3nc(Nc4ccc(C5CCN(CC6CCC(CO)CC6)CC5)cn4)ncc3F)cc2C12CCCC2. The lowest BCUT2D eigenvalue weighted by molar-refractivity contribution is 0.127. The van der Waals surface area contributed by atoms with Gasteiger partial charge in [0.05, 0.1) is 6.20 Å². The molecule has 1 aromatic carbocycles. The first-order chi connectivity index (χ1) is 21.4. The van der Waals surface area contributed by atoms with Gasteiger partial charge in [-0.05, 0) is 118 Å². The number of piperidine rings is 1. The van der Waals surface area contributed by atoms with Gasteiger partial charge in [0.2, 0.25) is 5.95 Å². The summed E-state index contributed by atoms with van der Waals surface area (Å²) in [6.07, 6.45) is 14.1.